The lowest BCUT2D eigenvalue weighted by atomic mass is 10.0. The third kappa shape index (κ3) is 5.75. The molecule has 0 aromatic heterocycles. The summed E-state index contributed by atoms with van der Waals surface area (Å²) in [7, 11) is -4.67. The van der Waals surface area contributed by atoms with E-state index in [4.69, 9.17) is 29.0 Å². The van der Waals surface area contributed by atoms with Crippen molar-refractivity contribution in [3.63, 3.8) is 0 Å². The van der Waals surface area contributed by atoms with Gasteiger partial charge in [-0.1, -0.05) is 18.2 Å². The number of nitrogens with two attached hydrogens (primary N) is 2. The molecule has 2 aromatic rings. The van der Waals surface area contributed by atoms with E-state index < -0.39 is 15.3 Å². The second-order valence-corrected chi connectivity index (χ2v) is 5.00. The topological polar surface area (TPSA) is 170 Å². The maximum Gasteiger partial charge on any atom is 0.394 e. The zero-order valence-electron chi connectivity index (χ0n) is 11.1. The van der Waals surface area contributed by atoms with Crippen LogP contribution < -0.4 is 11.5 Å². The predicted molar refractivity (Wildman–Crippen MR) is 81.5 cm³/mol. The minimum absolute atomic E-state index is 0.0840. The Bertz CT molecular complexity index is 766. The van der Waals surface area contributed by atoms with Crippen LogP contribution in [0.3, 0.4) is 0 Å². The highest BCUT2D eigenvalue weighted by molar-refractivity contribution is 7.79. The molecule has 22 heavy (non-hydrogen) atoms. The first kappa shape index (κ1) is 17.4. The molecule has 10 heteroatoms. The van der Waals surface area contributed by atoms with Gasteiger partial charge in [0, 0.05) is 11.8 Å². The number of hydrogen-bond donors (Lipinski definition) is 4. The van der Waals surface area contributed by atoms with Gasteiger partial charge in [0.05, 0.1) is 4.92 Å². The standard InChI is InChI=1S/C12H11N3O2.H2O4S/c13-10-4-1-8(2-5-10)9-3-6-11(14)12(7-9)15(16)17;1-5(2,3)4/h1-7H,13-14H2;(H2,1,2,3,4). The molecule has 2 aromatic carbocycles. The molecule has 0 aliphatic carbocycles. The van der Waals surface area contributed by atoms with E-state index in [-0.39, 0.29) is 11.4 Å². The Labute approximate surface area is 125 Å². The van der Waals surface area contributed by atoms with Crippen LogP contribution in [0, 0.1) is 10.1 Å². The van der Waals surface area contributed by atoms with Crippen molar-refractivity contribution in [3.8, 4) is 11.1 Å². The van der Waals surface area contributed by atoms with E-state index in [1.807, 2.05) is 12.1 Å². The predicted octanol–water partition coefficient (Wildman–Crippen LogP) is 1.77. The van der Waals surface area contributed by atoms with Crippen molar-refractivity contribution >= 4 is 27.5 Å². The summed E-state index contributed by atoms with van der Waals surface area (Å²) < 4.78 is 31.6. The number of rotatable bonds is 2. The molecule has 0 heterocycles. The van der Waals surface area contributed by atoms with Crippen LogP contribution in [-0.2, 0) is 10.4 Å². The molecule has 9 nitrogen and oxygen atoms in total. The van der Waals surface area contributed by atoms with Gasteiger partial charge in [-0.3, -0.25) is 19.2 Å². The van der Waals surface area contributed by atoms with Gasteiger partial charge in [0.2, 0.25) is 0 Å². The molecule has 6 N–H and O–H groups in total. The Morgan fingerprint density at radius 3 is 1.86 bits per heavy atom. The lowest BCUT2D eigenvalue weighted by Crippen LogP contribution is -1.95. The summed E-state index contributed by atoms with van der Waals surface area (Å²) in [6.45, 7) is 0. The first-order valence-corrected chi connectivity index (χ1v) is 7.07. The van der Waals surface area contributed by atoms with Gasteiger partial charge in [0.15, 0.2) is 0 Å². The number of nitrogen functional groups attached to an aromatic ring is 2. The third-order valence-corrected chi connectivity index (χ3v) is 2.47. The zero-order valence-corrected chi connectivity index (χ0v) is 11.9. The summed E-state index contributed by atoms with van der Waals surface area (Å²) in [6, 6.07) is 11.8. The van der Waals surface area contributed by atoms with Crippen LogP contribution in [0.4, 0.5) is 17.1 Å². The quantitative estimate of drug-likeness (QED) is 0.280. The minimum Gasteiger partial charge on any atom is -0.399 e. The zero-order chi connectivity index (χ0) is 16.9. The monoisotopic (exact) mass is 327 g/mol. The summed E-state index contributed by atoms with van der Waals surface area (Å²) in [6.07, 6.45) is 0. The van der Waals surface area contributed by atoms with Crippen molar-refractivity contribution < 1.29 is 22.4 Å². The Hall–Kier alpha value is -2.69. The molecular formula is C12H13N3O6S. The van der Waals surface area contributed by atoms with Gasteiger partial charge < -0.3 is 11.5 Å². The number of nitro benzene ring substituents is 1. The maximum absolute atomic E-state index is 10.8. The molecular weight excluding hydrogens is 314 g/mol. The first-order valence-electron chi connectivity index (χ1n) is 5.67. The SMILES string of the molecule is Nc1ccc(-c2ccc(N)c([N+](=O)[O-])c2)cc1.O=S(=O)(O)O. The molecule has 0 atom stereocenters. The van der Waals surface area contributed by atoms with E-state index in [1.54, 1.807) is 18.2 Å². The first-order chi connectivity index (χ1) is 10.1. The second kappa shape index (κ2) is 6.85. The number of nitrogens with zero attached hydrogens (tertiary/aromatic N) is 1. The summed E-state index contributed by atoms with van der Waals surface area (Å²) in [5.74, 6) is 0. The molecule has 0 bridgehead atoms. The smallest absolute Gasteiger partial charge is 0.394 e. The van der Waals surface area contributed by atoms with Crippen LogP contribution in [0.5, 0.6) is 0 Å². The van der Waals surface area contributed by atoms with Crippen LogP contribution in [0.2, 0.25) is 0 Å². The molecule has 0 saturated heterocycles. The van der Waals surface area contributed by atoms with Gasteiger partial charge in [-0.15, -0.1) is 0 Å². The number of anilines is 2. The van der Waals surface area contributed by atoms with Gasteiger partial charge >= 0.3 is 10.4 Å². The fourth-order valence-corrected chi connectivity index (χ4v) is 1.56. The van der Waals surface area contributed by atoms with Gasteiger partial charge in [-0.2, -0.15) is 8.42 Å². The van der Waals surface area contributed by atoms with Crippen molar-refractivity contribution in [2.24, 2.45) is 0 Å². The van der Waals surface area contributed by atoms with Crippen LogP contribution in [-0.4, -0.2) is 22.4 Å². The van der Waals surface area contributed by atoms with Crippen LogP contribution in [0.15, 0.2) is 42.5 Å². The second-order valence-electron chi connectivity index (χ2n) is 4.10. The largest absolute Gasteiger partial charge is 0.399 e. The summed E-state index contributed by atoms with van der Waals surface area (Å²) in [5.41, 5.74) is 13.4. The van der Waals surface area contributed by atoms with Crippen molar-refractivity contribution in [2.75, 3.05) is 11.5 Å². The molecule has 2 rings (SSSR count). The third-order valence-electron chi connectivity index (χ3n) is 2.47. The highest BCUT2D eigenvalue weighted by Gasteiger charge is 2.12. The van der Waals surface area contributed by atoms with Crippen molar-refractivity contribution in [3.05, 3.63) is 52.6 Å². The normalized spacial score (nSPS) is 10.5. The molecule has 0 fully saturated rings. The number of nitro groups is 1. The lowest BCUT2D eigenvalue weighted by Gasteiger charge is -2.03. The fraction of sp³-hybridized carbons (Fsp3) is 0. The van der Waals surface area contributed by atoms with E-state index in [0.717, 1.165) is 11.1 Å². The van der Waals surface area contributed by atoms with E-state index in [2.05, 4.69) is 0 Å². The fourth-order valence-electron chi connectivity index (χ4n) is 1.56. The Morgan fingerprint density at radius 2 is 1.41 bits per heavy atom. The minimum atomic E-state index is -4.67. The van der Waals surface area contributed by atoms with Crippen LogP contribution in [0.25, 0.3) is 11.1 Å². The van der Waals surface area contributed by atoms with Crippen LogP contribution >= 0.6 is 0 Å². The van der Waals surface area contributed by atoms with Crippen LogP contribution in [0.1, 0.15) is 0 Å². The van der Waals surface area contributed by atoms with E-state index in [0.29, 0.717) is 5.69 Å². The Morgan fingerprint density at radius 1 is 0.955 bits per heavy atom. The van der Waals surface area contributed by atoms with E-state index in [1.165, 1.54) is 12.1 Å². The number of hydrogen-bond acceptors (Lipinski definition) is 6. The molecule has 118 valence electrons. The summed E-state index contributed by atoms with van der Waals surface area (Å²) in [5, 5.41) is 10.8. The van der Waals surface area contributed by atoms with Crippen molar-refractivity contribution in [1.82, 2.24) is 0 Å². The van der Waals surface area contributed by atoms with Gasteiger partial charge in [0.25, 0.3) is 5.69 Å². The molecule has 0 amide bonds. The molecule has 0 spiro atoms. The maximum atomic E-state index is 10.8. The molecule has 0 aliphatic rings. The molecule has 0 unspecified atom stereocenters. The van der Waals surface area contributed by atoms with E-state index in [9.17, 15) is 10.1 Å². The average molecular weight is 327 g/mol. The lowest BCUT2D eigenvalue weighted by molar-refractivity contribution is -0.383. The Balaban J connectivity index is 0.000000422. The summed E-state index contributed by atoms with van der Waals surface area (Å²) in [4.78, 5) is 10.3. The van der Waals surface area contributed by atoms with Crippen molar-refractivity contribution in [2.45, 2.75) is 0 Å². The van der Waals surface area contributed by atoms with Gasteiger partial charge in [-0.05, 0) is 29.3 Å². The highest BCUT2D eigenvalue weighted by Crippen LogP contribution is 2.28. The number of benzene rings is 2. The van der Waals surface area contributed by atoms with Gasteiger partial charge in [-0.25, -0.2) is 0 Å². The average Bonchev–Trinajstić information content (AvgIpc) is 2.38. The highest BCUT2D eigenvalue weighted by atomic mass is 32.3. The molecule has 0 aliphatic heterocycles. The summed E-state index contributed by atoms with van der Waals surface area (Å²) >= 11 is 0. The van der Waals surface area contributed by atoms with Crippen molar-refractivity contribution in [1.29, 1.82) is 0 Å². The molecule has 0 saturated carbocycles. The molecule has 0 radical (unpaired) electrons. The van der Waals surface area contributed by atoms with Gasteiger partial charge in [0.1, 0.15) is 5.69 Å². The Kier molecular flexibility index (Phi) is 5.40. The van der Waals surface area contributed by atoms with E-state index >= 15 is 0 Å².